The molecule has 2 amide bonds. The van der Waals surface area contributed by atoms with E-state index in [-0.39, 0.29) is 11.8 Å². The maximum absolute atomic E-state index is 13.7. The van der Waals surface area contributed by atoms with Crippen LogP contribution in [0.25, 0.3) is 0 Å². The molecule has 4 aliphatic rings. The molecule has 0 spiro atoms. The number of unbranched alkanes of at least 4 members (excludes halogenated alkanes) is 5. The number of hydrogen-bond donors (Lipinski definition) is 0. The number of carbonyl (C=O) groups excluding carboxylic acids is 2. The Balaban J connectivity index is 1.54. The summed E-state index contributed by atoms with van der Waals surface area (Å²) in [5, 5.41) is 0. The van der Waals surface area contributed by atoms with Gasteiger partial charge in [-0.3, -0.25) is 14.5 Å². The molecule has 0 unspecified atom stereocenters. The zero-order valence-corrected chi connectivity index (χ0v) is 20.9. The molecule has 1 heterocycles. The van der Waals surface area contributed by atoms with Gasteiger partial charge in [0.05, 0.1) is 20.5 Å². The third kappa shape index (κ3) is 2.81. The Morgan fingerprint density at radius 3 is 1.52 bits per heavy atom. The van der Waals surface area contributed by atoms with E-state index < -0.39 is 20.5 Å². The van der Waals surface area contributed by atoms with E-state index in [1.165, 1.54) is 25.7 Å². The van der Waals surface area contributed by atoms with Crippen LogP contribution in [0.3, 0.4) is 0 Å². The molecule has 3 aliphatic carbocycles. The molecule has 2 aromatic rings. The number of alkyl halides is 2. The lowest BCUT2D eigenvalue weighted by Crippen LogP contribution is -2.56. The number of benzene rings is 2. The summed E-state index contributed by atoms with van der Waals surface area (Å²) in [6.45, 7) is 2.73. The summed E-state index contributed by atoms with van der Waals surface area (Å²) in [6, 6.07) is 16.5. The molecule has 2 atom stereocenters. The van der Waals surface area contributed by atoms with Crippen LogP contribution in [0, 0.1) is 11.8 Å². The monoisotopic (exact) mass is 543 g/mol. The van der Waals surface area contributed by atoms with Crippen molar-refractivity contribution in [2.75, 3.05) is 6.54 Å². The highest BCUT2D eigenvalue weighted by atomic mass is 79.9. The van der Waals surface area contributed by atoms with E-state index in [4.69, 9.17) is 0 Å². The van der Waals surface area contributed by atoms with Crippen molar-refractivity contribution in [3.8, 4) is 0 Å². The topological polar surface area (TPSA) is 37.4 Å². The van der Waals surface area contributed by atoms with Gasteiger partial charge >= 0.3 is 0 Å². The van der Waals surface area contributed by atoms with Crippen molar-refractivity contribution in [3.63, 3.8) is 0 Å². The normalized spacial score (nSPS) is 30.4. The second-order valence-electron chi connectivity index (χ2n) is 9.07. The van der Waals surface area contributed by atoms with Crippen LogP contribution < -0.4 is 0 Å². The number of amides is 2. The Morgan fingerprint density at radius 1 is 0.710 bits per heavy atom. The van der Waals surface area contributed by atoms with Crippen molar-refractivity contribution >= 4 is 43.7 Å². The van der Waals surface area contributed by atoms with Gasteiger partial charge in [0.25, 0.3) is 0 Å². The Labute approximate surface area is 200 Å². The van der Waals surface area contributed by atoms with E-state index in [9.17, 15) is 9.59 Å². The fraction of sp³-hybridized carbons (Fsp3) is 0.462. The average Bonchev–Trinajstić information content (AvgIpc) is 3.05. The molecule has 3 nitrogen and oxygen atoms in total. The molecule has 0 saturated carbocycles. The maximum Gasteiger partial charge on any atom is 0.235 e. The molecule has 0 aromatic heterocycles. The fourth-order valence-corrected chi connectivity index (χ4v) is 8.30. The molecule has 2 bridgehead atoms. The van der Waals surface area contributed by atoms with Gasteiger partial charge in [-0.25, -0.2) is 0 Å². The van der Waals surface area contributed by atoms with Crippen molar-refractivity contribution < 1.29 is 9.59 Å². The second-order valence-corrected chi connectivity index (χ2v) is 11.6. The average molecular weight is 545 g/mol. The van der Waals surface area contributed by atoms with E-state index in [1.807, 2.05) is 24.3 Å². The van der Waals surface area contributed by atoms with Crippen molar-refractivity contribution in [1.29, 1.82) is 0 Å². The van der Waals surface area contributed by atoms with E-state index in [2.05, 4.69) is 63.0 Å². The van der Waals surface area contributed by atoms with Crippen molar-refractivity contribution in [1.82, 2.24) is 4.90 Å². The van der Waals surface area contributed by atoms with Crippen LogP contribution in [0.1, 0.15) is 67.7 Å². The molecular weight excluding hydrogens is 518 g/mol. The van der Waals surface area contributed by atoms with E-state index in [0.717, 1.165) is 35.1 Å². The first-order chi connectivity index (χ1) is 15.0. The van der Waals surface area contributed by atoms with Gasteiger partial charge in [-0.2, -0.15) is 0 Å². The summed E-state index contributed by atoms with van der Waals surface area (Å²) in [6.07, 6.45) is 6.80. The first-order valence-corrected chi connectivity index (χ1v) is 13.0. The van der Waals surface area contributed by atoms with Crippen molar-refractivity contribution in [2.24, 2.45) is 11.8 Å². The zero-order valence-electron chi connectivity index (χ0n) is 17.7. The van der Waals surface area contributed by atoms with E-state index in [0.29, 0.717) is 6.54 Å². The fourth-order valence-electron chi connectivity index (χ4n) is 6.00. The molecule has 0 N–H and O–H groups in total. The van der Waals surface area contributed by atoms with Gasteiger partial charge in [0.15, 0.2) is 0 Å². The minimum atomic E-state index is -0.678. The minimum Gasteiger partial charge on any atom is -0.282 e. The standard InChI is InChI=1S/C26H27Br2NO2/c1-2-3-4-5-6-11-16-29-23(30)21-22(24(29)31)26(28)18-13-8-7-12-17(18)25(21,27)19-14-9-10-15-20(19)26/h7-10,12-15,21-22H,2-6,11,16H2,1H3/t21-,22-,25?,26?/m0/s1. The lowest BCUT2D eigenvalue weighted by molar-refractivity contribution is -0.140. The highest BCUT2D eigenvalue weighted by molar-refractivity contribution is 9.10. The van der Waals surface area contributed by atoms with Gasteiger partial charge in [-0.1, -0.05) is 119 Å². The summed E-state index contributed by atoms with van der Waals surface area (Å²) < 4.78 is -1.36. The molecule has 1 saturated heterocycles. The quantitative estimate of drug-likeness (QED) is 0.234. The molecule has 1 aliphatic heterocycles. The SMILES string of the molecule is CCCCCCCCN1C(=O)[C@@H]2[C@@H](C1=O)C1(Br)c3ccccc3C2(Br)c2ccccc21. The number of halogens is 2. The van der Waals surface area contributed by atoms with E-state index >= 15 is 0 Å². The molecule has 1 fully saturated rings. The maximum atomic E-state index is 13.7. The molecule has 0 radical (unpaired) electrons. The van der Waals surface area contributed by atoms with Gasteiger partial charge in [0.1, 0.15) is 0 Å². The van der Waals surface area contributed by atoms with Gasteiger partial charge in [0.2, 0.25) is 11.8 Å². The number of nitrogens with zero attached hydrogens (tertiary/aromatic N) is 1. The van der Waals surface area contributed by atoms with Crippen molar-refractivity contribution in [3.05, 3.63) is 70.8 Å². The molecule has 6 rings (SSSR count). The second kappa shape index (κ2) is 7.84. The summed E-state index contributed by atoms with van der Waals surface area (Å²) in [4.78, 5) is 29.0. The predicted molar refractivity (Wildman–Crippen MR) is 129 cm³/mol. The Bertz CT molecular complexity index is 928. The zero-order chi connectivity index (χ0) is 21.8. The van der Waals surface area contributed by atoms with Gasteiger partial charge in [-0.05, 0) is 28.7 Å². The highest BCUT2D eigenvalue weighted by Crippen LogP contribution is 2.70. The lowest BCUT2D eigenvalue weighted by atomic mass is 9.54. The smallest absolute Gasteiger partial charge is 0.235 e. The number of hydrogen-bond acceptors (Lipinski definition) is 2. The third-order valence-electron chi connectivity index (χ3n) is 7.41. The number of carbonyl (C=O) groups is 2. The Hall–Kier alpha value is -1.46. The van der Waals surface area contributed by atoms with Gasteiger partial charge < -0.3 is 0 Å². The van der Waals surface area contributed by atoms with Crippen LogP contribution in [0.5, 0.6) is 0 Å². The summed E-state index contributed by atoms with van der Waals surface area (Å²) in [5.74, 6) is -0.949. The van der Waals surface area contributed by atoms with Crippen LogP contribution in [-0.2, 0) is 18.2 Å². The van der Waals surface area contributed by atoms with E-state index in [1.54, 1.807) is 4.90 Å². The third-order valence-corrected chi connectivity index (χ3v) is 10.1. The van der Waals surface area contributed by atoms with Crippen LogP contribution in [0.4, 0.5) is 0 Å². The summed E-state index contributed by atoms with van der Waals surface area (Å²) >= 11 is 8.09. The van der Waals surface area contributed by atoms with Gasteiger partial charge in [0, 0.05) is 6.54 Å². The minimum absolute atomic E-state index is 0.0340. The molecule has 5 heteroatoms. The van der Waals surface area contributed by atoms with Crippen LogP contribution in [0.2, 0.25) is 0 Å². The molecular formula is C26H27Br2NO2. The molecule has 162 valence electrons. The largest absolute Gasteiger partial charge is 0.282 e. The number of likely N-dealkylation sites (tertiary alicyclic amines) is 1. The van der Waals surface area contributed by atoms with Crippen LogP contribution in [0.15, 0.2) is 48.5 Å². The number of imide groups is 1. The van der Waals surface area contributed by atoms with Crippen LogP contribution >= 0.6 is 31.9 Å². The Kier molecular flexibility index (Phi) is 5.41. The first kappa shape index (κ1) is 21.4. The number of rotatable bonds is 7. The highest BCUT2D eigenvalue weighted by Gasteiger charge is 2.72. The summed E-state index contributed by atoms with van der Waals surface area (Å²) in [7, 11) is 0. The summed E-state index contributed by atoms with van der Waals surface area (Å²) in [5.41, 5.74) is 4.37. The predicted octanol–water partition coefficient (Wildman–Crippen LogP) is 6.25. The van der Waals surface area contributed by atoms with Crippen molar-refractivity contribution in [2.45, 2.75) is 54.1 Å². The molecule has 2 aromatic carbocycles. The molecule has 31 heavy (non-hydrogen) atoms. The van der Waals surface area contributed by atoms with Crippen LogP contribution in [-0.4, -0.2) is 23.3 Å². The lowest BCUT2D eigenvalue weighted by Gasteiger charge is -2.55. The Morgan fingerprint density at radius 2 is 1.10 bits per heavy atom. The van der Waals surface area contributed by atoms with Gasteiger partial charge in [-0.15, -0.1) is 0 Å². The first-order valence-electron chi connectivity index (χ1n) is 11.4.